The summed E-state index contributed by atoms with van der Waals surface area (Å²) >= 11 is 0. The van der Waals surface area contributed by atoms with E-state index < -0.39 is 0 Å². The minimum Gasteiger partial charge on any atom is -0.512 e. The summed E-state index contributed by atoms with van der Waals surface area (Å²) in [7, 11) is 0. The van der Waals surface area contributed by atoms with E-state index in [2.05, 4.69) is 58.0 Å². The number of aliphatic hydroxyl groups is 1. The summed E-state index contributed by atoms with van der Waals surface area (Å²) in [5.74, 6) is 0.547. The molecule has 3 aromatic heterocycles. The van der Waals surface area contributed by atoms with E-state index in [-0.39, 0.29) is 43.5 Å². The molecule has 0 aliphatic heterocycles. The molecular formula is C32H35IrN2O2-. The van der Waals surface area contributed by atoms with Gasteiger partial charge in [-0.25, -0.2) is 0 Å². The zero-order chi connectivity index (χ0) is 25.7. The molecule has 0 saturated heterocycles. The minimum absolute atomic E-state index is 0. The van der Waals surface area contributed by atoms with Gasteiger partial charge in [0.15, 0.2) is 5.78 Å². The van der Waals surface area contributed by atoms with Gasteiger partial charge in [0.05, 0.1) is 5.76 Å². The zero-order valence-electron chi connectivity index (χ0n) is 22.0. The molecule has 0 spiro atoms. The molecule has 0 aliphatic rings. The van der Waals surface area contributed by atoms with Crippen molar-refractivity contribution in [3.63, 3.8) is 0 Å². The molecular weight excluding hydrogens is 637 g/mol. The van der Waals surface area contributed by atoms with Crippen LogP contribution < -0.4 is 0 Å². The molecule has 0 bridgehead atoms. The molecule has 1 radical (unpaired) electrons. The van der Waals surface area contributed by atoms with Crippen molar-refractivity contribution < 1.29 is 30.0 Å². The number of nitrogens with zero attached hydrogens (tertiary/aromatic N) is 2. The van der Waals surface area contributed by atoms with Crippen molar-refractivity contribution in [2.24, 2.45) is 11.8 Å². The van der Waals surface area contributed by atoms with E-state index in [1.165, 1.54) is 33.3 Å². The number of carbonyl (C=O) groups excluding carboxylic acids is 1. The first-order valence-electron chi connectivity index (χ1n) is 13.1. The van der Waals surface area contributed by atoms with Crippen LogP contribution in [0.15, 0.2) is 78.7 Å². The smallest absolute Gasteiger partial charge is 0.162 e. The topological polar surface area (TPSA) is 54.6 Å². The number of aromatic nitrogens is 2. The van der Waals surface area contributed by atoms with Crippen LogP contribution in [0.2, 0.25) is 0 Å². The fraction of sp³-hybridized carbons (Fsp3) is 0.312. The second-order valence-electron chi connectivity index (χ2n) is 9.25. The average Bonchev–Trinajstić information content (AvgIpc) is 3.46. The summed E-state index contributed by atoms with van der Waals surface area (Å²) in [4.78, 5) is 16.2. The molecule has 0 saturated carbocycles. The van der Waals surface area contributed by atoms with E-state index in [0.717, 1.165) is 36.9 Å². The Morgan fingerprint density at radius 3 is 2.14 bits per heavy atom. The predicted octanol–water partition coefficient (Wildman–Crippen LogP) is 8.41. The van der Waals surface area contributed by atoms with Crippen molar-refractivity contribution >= 4 is 33.0 Å². The SMILES string of the molecule is CCC(CC)C(=O)/C=C(\O)C(CC)CC.[Ir].[c-]1c(-c2ccccn2)c2cccc3c4ccccc4n1c23. The van der Waals surface area contributed by atoms with Gasteiger partial charge in [0.25, 0.3) is 0 Å². The molecule has 0 amide bonds. The summed E-state index contributed by atoms with van der Waals surface area (Å²) in [5, 5.41) is 13.5. The van der Waals surface area contributed by atoms with Gasteiger partial charge in [-0.05, 0) is 59.8 Å². The Morgan fingerprint density at radius 1 is 0.865 bits per heavy atom. The Labute approximate surface area is 233 Å². The maximum Gasteiger partial charge on any atom is 0.162 e. The minimum atomic E-state index is 0. The largest absolute Gasteiger partial charge is 0.512 e. The molecule has 1 N–H and O–H groups in total. The number of hydrogen-bond donors (Lipinski definition) is 1. The number of aliphatic hydroxyl groups excluding tert-OH is 1. The number of carbonyl (C=O) groups is 1. The van der Waals surface area contributed by atoms with E-state index in [1.54, 1.807) is 0 Å². The number of allylic oxidation sites excluding steroid dienone is 2. The average molecular weight is 672 g/mol. The standard InChI is InChI=1S/C19H11N2.C13H24O2.Ir/c1-2-10-18-13(6-1)14-7-5-8-15-16(12-21(18)19(14)15)17-9-3-4-11-20-17;1-5-10(6-2)12(14)9-13(15)11(7-3)8-4;/h1-11H;9-11,14H,5-8H2,1-4H3;/q-1;;/b;12-9-;. The van der Waals surface area contributed by atoms with Crippen LogP contribution in [0.3, 0.4) is 0 Å². The van der Waals surface area contributed by atoms with Crippen LogP contribution in [0, 0.1) is 18.0 Å². The second-order valence-corrected chi connectivity index (χ2v) is 9.25. The van der Waals surface area contributed by atoms with E-state index in [1.807, 2.05) is 52.1 Å². The summed E-state index contributed by atoms with van der Waals surface area (Å²) in [6.07, 6.45) is 10.3. The summed E-state index contributed by atoms with van der Waals surface area (Å²) < 4.78 is 2.17. The first-order valence-corrected chi connectivity index (χ1v) is 13.1. The van der Waals surface area contributed by atoms with Gasteiger partial charge in [-0.1, -0.05) is 93.2 Å². The number of fused-ring (bicyclic) bond motifs is 3. The van der Waals surface area contributed by atoms with Crippen LogP contribution in [0.5, 0.6) is 0 Å². The van der Waals surface area contributed by atoms with Crippen LogP contribution >= 0.6 is 0 Å². The monoisotopic (exact) mass is 672 g/mol. The quantitative estimate of drug-likeness (QED) is 0.102. The van der Waals surface area contributed by atoms with Crippen molar-refractivity contribution in [3.05, 3.63) is 84.9 Å². The number of benzene rings is 2. The Balaban J connectivity index is 0.000000214. The van der Waals surface area contributed by atoms with Crippen LogP contribution in [-0.2, 0) is 24.9 Å². The first kappa shape index (κ1) is 28.6. The molecule has 0 aliphatic carbocycles. The summed E-state index contributed by atoms with van der Waals surface area (Å²) in [6.45, 7) is 8.07. The van der Waals surface area contributed by atoms with E-state index in [9.17, 15) is 9.90 Å². The number of ketones is 1. The van der Waals surface area contributed by atoms with Gasteiger partial charge in [0.2, 0.25) is 0 Å². The molecule has 0 atom stereocenters. The molecule has 0 unspecified atom stereocenters. The third kappa shape index (κ3) is 5.79. The third-order valence-corrected chi connectivity index (χ3v) is 7.19. The molecule has 3 heterocycles. The van der Waals surface area contributed by atoms with Gasteiger partial charge in [-0.15, -0.1) is 0 Å². The molecule has 5 rings (SSSR count). The number of hydrogen-bond acceptors (Lipinski definition) is 3. The van der Waals surface area contributed by atoms with Crippen molar-refractivity contribution in [2.45, 2.75) is 53.4 Å². The molecule has 5 aromatic rings. The first-order chi connectivity index (χ1) is 17.5. The Hall–Kier alpha value is -3.01. The second kappa shape index (κ2) is 13.0. The Kier molecular flexibility index (Phi) is 10.0. The maximum atomic E-state index is 11.7. The summed E-state index contributed by atoms with van der Waals surface area (Å²) in [6, 6.07) is 20.9. The Morgan fingerprint density at radius 2 is 1.49 bits per heavy atom. The van der Waals surface area contributed by atoms with E-state index in [4.69, 9.17) is 0 Å². The molecule has 195 valence electrons. The third-order valence-electron chi connectivity index (χ3n) is 7.19. The predicted molar refractivity (Wildman–Crippen MR) is 150 cm³/mol. The van der Waals surface area contributed by atoms with Crippen LogP contribution in [0.1, 0.15) is 53.4 Å². The fourth-order valence-electron chi connectivity index (χ4n) is 4.99. The van der Waals surface area contributed by atoms with Crippen LogP contribution in [0.25, 0.3) is 38.4 Å². The van der Waals surface area contributed by atoms with Gasteiger partial charge < -0.3 is 9.51 Å². The normalized spacial score (nSPS) is 11.8. The zero-order valence-corrected chi connectivity index (χ0v) is 24.4. The number of pyridine rings is 1. The summed E-state index contributed by atoms with van der Waals surface area (Å²) in [5.41, 5.74) is 4.48. The van der Waals surface area contributed by atoms with Gasteiger partial charge in [0.1, 0.15) is 0 Å². The fourth-order valence-corrected chi connectivity index (χ4v) is 4.99. The molecule has 5 heteroatoms. The van der Waals surface area contributed by atoms with Crippen LogP contribution in [-0.4, -0.2) is 20.3 Å². The van der Waals surface area contributed by atoms with Crippen LogP contribution in [0.4, 0.5) is 0 Å². The maximum absolute atomic E-state index is 11.7. The molecule has 37 heavy (non-hydrogen) atoms. The van der Waals surface area contributed by atoms with Gasteiger partial charge in [-0.3, -0.25) is 9.78 Å². The molecule has 2 aromatic carbocycles. The Bertz CT molecular complexity index is 1460. The number of rotatable bonds is 8. The van der Waals surface area contributed by atoms with Crippen molar-refractivity contribution in [3.8, 4) is 11.3 Å². The number of para-hydroxylation sites is 2. The van der Waals surface area contributed by atoms with Gasteiger partial charge >= 0.3 is 0 Å². The van der Waals surface area contributed by atoms with Crippen molar-refractivity contribution in [2.75, 3.05) is 0 Å². The molecule has 4 nitrogen and oxygen atoms in total. The van der Waals surface area contributed by atoms with Gasteiger partial charge in [-0.2, -0.15) is 0 Å². The molecule has 0 fully saturated rings. The van der Waals surface area contributed by atoms with E-state index in [0.29, 0.717) is 0 Å². The van der Waals surface area contributed by atoms with Crippen molar-refractivity contribution in [1.82, 2.24) is 9.38 Å². The van der Waals surface area contributed by atoms with Crippen molar-refractivity contribution in [1.29, 1.82) is 0 Å². The van der Waals surface area contributed by atoms with Gasteiger partial charge in [0, 0.05) is 49.9 Å². The van der Waals surface area contributed by atoms with E-state index >= 15 is 0 Å².